The van der Waals surface area contributed by atoms with Crippen molar-refractivity contribution in [2.24, 2.45) is 0 Å². The van der Waals surface area contributed by atoms with Crippen molar-refractivity contribution in [2.45, 2.75) is 57.1 Å². The average molecular weight is 757 g/mol. The molecule has 0 aliphatic heterocycles. The first-order valence-electron chi connectivity index (χ1n) is 16.2. The Balaban J connectivity index is 1.88. The third-order valence-electron chi connectivity index (χ3n) is 7.82. The van der Waals surface area contributed by atoms with Crippen molar-refractivity contribution in [1.29, 1.82) is 0 Å². The lowest BCUT2D eigenvalue weighted by molar-refractivity contribution is -0.140. The van der Waals surface area contributed by atoms with Crippen molar-refractivity contribution in [3.05, 3.63) is 112 Å². The summed E-state index contributed by atoms with van der Waals surface area (Å²) in [5.74, 6) is -0.0650. The number of ether oxygens (including phenoxy) is 3. The Kier molecular flexibility index (Phi) is 13.2. The van der Waals surface area contributed by atoms with Crippen molar-refractivity contribution in [1.82, 2.24) is 10.2 Å². The maximum atomic E-state index is 14.8. The molecule has 51 heavy (non-hydrogen) atoms. The number of nitrogens with zero attached hydrogens (tertiary/aromatic N) is 2. The molecule has 0 aliphatic carbocycles. The maximum absolute atomic E-state index is 14.8. The molecule has 0 unspecified atom stereocenters. The molecule has 0 heterocycles. The summed E-state index contributed by atoms with van der Waals surface area (Å²) in [7, 11) is -1.59. The highest BCUT2D eigenvalue weighted by Gasteiger charge is 2.36. The summed E-state index contributed by atoms with van der Waals surface area (Å²) in [4.78, 5) is 30.1. The molecule has 0 fully saturated rings. The minimum absolute atomic E-state index is 0.127. The van der Waals surface area contributed by atoms with Gasteiger partial charge in [0.25, 0.3) is 10.0 Å². The lowest BCUT2D eigenvalue weighted by atomic mass is 10.0. The minimum Gasteiger partial charge on any atom is -0.494 e. The van der Waals surface area contributed by atoms with Crippen molar-refractivity contribution >= 4 is 50.7 Å². The minimum atomic E-state index is -4.43. The lowest BCUT2D eigenvalue weighted by Crippen LogP contribution is -2.56. The van der Waals surface area contributed by atoms with E-state index in [1.807, 2.05) is 58.0 Å². The zero-order valence-electron chi connectivity index (χ0n) is 29.5. The van der Waals surface area contributed by atoms with Crippen molar-refractivity contribution < 1.29 is 32.2 Å². The molecule has 0 spiro atoms. The lowest BCUT2D eigenvalue weighted by Gasteiger charge is -2.35. The Hall–Kier alpha value is -4.45. The Labute approximate surface area is 310 Å². The van der Waals surface area contributed by atoms with E-state index in [2.05, 4.69) is 5.32 Å². The van der Waals surface area contributed by atoms with Crippen LogP contribution in [0.2, 0.25) is 10.0 Å². The van der Waals surface area contributed by atoms with Crippen LogP contribution in [-0.4, -0.2) is 64.1 Å². The van der Waals surface area contributed by atoms with Crippen LogP contribution in [0.5, 0.6) is 17.2 Å². The molecule has 0 aliphatic rings. The number of nitrogens with one attached hydrogen (secondary N) is 1. The first-order chi connectivity index (χ1) is 24.2. The fourth-order valence-electron chi connectivity index (χ4n) is 5.37. The van der Waals surface area contributed by atoms with E-state index in [0.29, 0.717) is 23.7 Å². The van der Waals surface area contributed by atoms with Gasteiger partial charge in [-0.25, -0.2) is 8.42 Å². The summed E-state index contributed by atoms with van der Waals surface area (Å²) in [5, 5.41) is 3.58. The van der Waals surface area contributed by atoms with Gasteiger partial charge in [0.2, 0.25) is 11.8 Å². The molecule has 0 aromatic heterocycles. The normalized spacial score (nSPS) is 12.1. The number of anilines is 1. The monoisotopic (exact) mass is 755 g/mol. The number of carbonyl (C=O) groups is 2. The molecular weight excluding hydrogens is 713 g/mol. The highest BCUT2D eigenvalue weighted by molar-refractivity contribution is 7.92. The standard InChI is InChI=1S/C38H43Cl2N3O7S/c1-7-50-28-18-16-27(17-19-28)43(51(46,47)29-20-21-34(48-5)35(23-29)49-6)25-36(44)42(24-30-31(39)14-11-15-32(30)40)33(37(45)41-38(2,3)4)22-26-12-9-8-10-13-26/h8-21,23,33H,7,22,24-25H2,1-6H3,(H,41,45)/t33-/m1/s1. The fourth-order valence-corrected chi connectivity index (χ4v) is 7.32. The number of hydrogen-bond donors (Lipinski definition) is 1. The number of carbonyl (C=O) groups excluding carboxylic acids is 2. The molecule has 0 radical (unpaired) electrons. The predicted octanol–water partition coefficient (Wildman–Crippen LogP) is 7.16. The Bertz CT molecular complexity index is 1900. The van der Waals surface area contributed by atoms with E-state index >= 15 is 0 Å². The molecule has 4 aromatic carbocycles. The third kappa shape index (κ3) is 10.1. The summed E-state index contributed by atoms with van der Waals surface area (Å²) in [6, 6.07) is 23.7. The molecule has 0 saturated carbocycles. The number of sulfonamides is 1. The van der Waals surface area contributed by atoms with Crippen LogP contribution in [-0.2, 0) is 32.6 Å². The third-order valence-corrected chi connectivity index (χ3v) is 10.3. The highest BCUT2D eigenvalue weighted by atomic mass is 35.5. The maximum Gasteiger partial charge on any atom is 0.264 e. The second-order valence-corrected chi connectivity index (χ2v) is 15.3. The number of methoxy groups -OCH3 is 2. The van der Waals surface area contributed by atoms with E-state index in [1.165, 1.54) is 37.3 Å². The van der Waals surface area contributed by atoms with E-state index in [4.69, 9.17) is 37.4 Å². The van der Waals surface area contributed by atoms with Gasteiger partial charge in [0.15, 0.2) is 11.5 Å². The fraction of sp³-hybridized carbons (Fsp3) is 0.316. The second kappa shape index (κ2) is 17.2. The van der Waals surface area contributed by atoms with E-state index in [9.17, 15) is 18.0 Å². The summed E-state index contributed by atoms with van der Waals surface area (Å²) in [6.45, 7) is 6.90. The largest absolute Gasteiger partial charge is 0.494 e. The molecule has 1 N–H and O–H groups in total. The van der Waals surface area contributed by atoms with Gasteiger partial charge in [0.05, 0.1) is 31.4 Å². The smallest absolute Gasteiger partial charge is 0.264 e. The van der Waals surface area contributed by atoms with E-state index < -0.39 is 40.0 Å². The topological polar surface area (TPSA) is 114 Å². The molecule has 272 valence electrons. The Morgan fingerprint density at radius 2 is 1.47 bits per heavy atom. The van der Waals surface area contributed by atoms with Gasteiger partial charge in [-0.2, -0.15) is 0 Å². The molecule has 4 aromatic rings. The van der Waals surface area contributed by atoms with Gasteiger partial charge < -0.3 is 24.4 Å². The number of benzene rings is 4. The first kappa shape index (κ1) is 39.3. The Morgan fingerprint density at radius 3 is 2.04 bits per heavy atom. The van der Waals surface area contributed by atoms with Gasteiger partial charge in [-0.15, -0.1) is 0 Å². The highest BCUT2D eigenvalue weighted by Crippen LogP contribution is 2.34. The summed E-state index contributed by atoms with van der Waals surface area (Å²) >= 11 is 13.2. The van der Waals surface area contributed by atoms with Crippen LogP contribution >= 0.6 is 23.2 Å². The molecule has 2 amide bonds. The summed E-state index contributed by atoms with van der Waals surface area (Å²) in [6.07, 6.45) is 0.127. The number of hydrogen-bond acceptors (Lipinski definition) is 7. The van der Waals surface area contributed by atoms with Crippen molar-refractivity contribution in [3.8, 4) is 17.2 Å². The van der Waals surface area contributed by atoms with Crippen molar-refractivity contribution in [3.63, 3.8) is 0 Å². The van der Waals surface area contributed by atoms with Crippen LogP contribution in [0.4, 0.5) is 5.69 Å². The molecule has 13 heteroatoms. The SMILES string of the molecule is CCOc1ccc(N(CC(=O)N(Cc2c(Cl)cccc2Cl)[C@H](Cc2ccccc2)C(=O)NC(C)(C)C)S(=O)(=O)c2ccc(OC)c(OC)c2)cc1. The summed E-state index contributed by atoms with van der Waals surface area (Å²) in [5.41, 5.74) is 0.742. The van der Waals surface area contributed by atoms with Crippen molar-refractivity contribution in [2.75, 3.05) is 31.7 Å². The molecule has 0 saturated heterocycles. The van der Waals surface area contributed by atoms with E-state index in [1.54, 1.807) is 42.5 Å². The van der Waals surface area contributed by atoms with Gasteiger partial charge in [-0.1, -0.05) is 59.6 Å². The van der Waals surface area contributed by atoms with Crippen LogP contribution in [0.25, 0.3) is 0 Å². The van der Waals surface area contributed by atoms with Crippen LogP contribution in [0.1, 0.15) is 38.8 Å². The van der Waals surface area contributed by atoms with Gasteiger partial charge >= 0.3 is 0 Å². The van der Waals surface area contributed by atoms with Gasteiger partial charge in [0.1, 0.15) is 18.3 Å². The number of amides is 2. The predicted molar refractivity (Wildman–Crippen MR) is 201 cm³/mol. The van der Waals surface area contributed by atoms with Gasteiger partial charge in [-0.05, 0) is 81.8 Å². The molecule has 4 rings (SSSR count). The quantitative estimate of drug-likeness (QED) is 0.137. The Morgan fingerprint density at radius 1 is 0.843 bits per heavy atom. The van der Waals surface area contributed by atoms with Crippen LogP contribution in [0.15, 0.2) is 95.9 Å². The van der Waals surface area contributed by atoms with Gasteiger partial charge in [0, 0.05) is 40.2 Å². The second-order valence-electron chi connectivity index (χ2n) is 12.6. The molecular formula is C38H43Cl2N3O7S. The van der Waals surface area contributed by atoms with Crippen LogP contribution in [0, 0.1) is 0 Å². The summed E-state index contributed by atoms with van der Waals surface area (Å²) < 4.78 is 46.3. The molecule has 0 bridgehead atoms. The van der Waals surface area contributed by atoms with Gasteiger partial charge in [-0.3, -0.25) is 13.9 Å². The van der Waals surface area contributed by atoms with Crippen LogP contribution in [0.3, 0.4) is 0 Å². The average Bonchev–Trinajstić information content (AvgIpc) is 3.09. The van der Waals surface area contributed by atoms with Crippen LogP contribution < -0.4 is 23.8 Å². The number of halogens is 2. The zero-order valence-corrected chi connectivity index (χ0v) is 31.8. The molecule has 10 nitrogen and oxygen atoms in total. The zero-order chi connectivity index (χ0) is 37.3. The first-order valence-corrected chi connectivity index (χ1v) is 18.4. The molecule has 1 atom stereocenters. The van der Waals surface area contributed by atoms with E-state index in [0.717, 1.165) is 9.87 Å². The number of rotatable bonds is 15. The van der Waals surface area contributed by atoms with E-state index in [-0.39, 0.29) is 39.3 Å².